The van der Waals surface area contributed by atoms with Gasteiger partial charge in [0.1, 0.15) is 0 Å². The van der Waals surface area contributed by atoms with Crippen LogP contribution in [0.3, 0.4) is 0 Å². The highest BCUT2D eigenvalue weighted by molar-refractivity contribution is 14.1. The Bertz CT molecular complexity index is 1920. The van der Waals surface area contributed by atoms with E-state index in [2.05, 4.69) is 123 Å². The van der Waals surface area contributed by atoms with Crippen molar-refractivity contribution in [1.29, 1.82) is 0 Å². The molecule has 0 aliphatic heterocycles. The number of hydrogen-bond donors (Lipinski definition) is 0. The highest BCUT2D eigenvalue weighted by atomic mass is 127. The first-order chi connectivity index (χ1) is 15.6. The van der Waals surface area contributed by atoms with E-state index in [1.807, 2.05) is 0 Å². The fraction of sp³-hybridized carbons (Fsp3) is 0.103. The molecule has 1 aliphatic rings. The van der Waals surface area contributed by atoms with Crippen LogP contribution in [0.25, 0.3) is 60.1 Å². The molecule has 3 aromatic heterocycles. The van der Waals surface area contributed by atoms with E-state index in [0.29, 0.717) is 0 Å². The van der Waals surface area contributed by atoms with Crippen LogP contribution in [0.5, 0.6) is 0 Å². The molecule has 3 heterocycles. The molecule has 0 bridgehead atoms. The van der Waals surface area contributed by atoms with Crippen LogP contribution in [0, 0.1) is 0 Å². The van der Waals surface area contributed by atoms with Gasteiger partial charge in [-0.25, -0.2) is 0 Å². The summed E-state index contributed by atoms with van der Waals surface area (Å²) in [5, 5.41) is 6.75. The molecule has 7 aromatic rings. The normalized spacial score (nSPS) is 15.0. The van der Waals surface area contributed by atoms with Gasteiger partial charge in [-0.3, -0.25) is 2.78 Å². The van der Waals surface area contributed by atoms with Gasteiger partial charge >= 0.3 is 0 Å². The van der Waals surface area contributed by atoms with Crippen LogP contribution >= 0.6 is 22.9 Å². The molecule has 1 aliphatic carbocycles. The Morgan fingerprint density at radius 1 is 0.656 bits per heavy atom. The van der Waals surface area contributed by atoms with Gasteiger partial charge in [0.2, 0.25) is 0 Å². The summed E-state index contributed by atoms with van der Waals surface area (Å²) < 4.78 is 4.92. The first kappa shape index (κ1) is 17.5. The summed E-state index contributed by atoms with van der Waals surface area (Å²) in [4.78, 5) is 0. The van der Waals surface area contributed by atoms with E-state index in [4.69, 9.17) is 0 Å². The van der Waals surface area contributed by atoms with Crippen LogP contribution < -0.4 is 0 Å². The second-order valence-corrected chi connectivity index (χ2v) is 10.5. The third kappa shape index (κ3) is 1.75. The minimum Gasteiger partial charge on any atom is -0.311 e. The molecule has 0 N–H and O–H groups in total. The number of nitrogens with zero attached hydrogens (tertiary/aromatic N) is 2. The number of hydrogen-bond acceptors (Lipinski definition) is 0. The standard InChI is InChI=1S/C29H19IN2/c1-29(2)20-12-4-3-8-18(20)24-19-11-5-10-17-16-9-6-14-22-25(16)26-21(31(27(17)19)28(24)29)13-7-15-23(26)32(22)30/h3-15H,1-2H3. The maximum absolute atomic E-state index is 2.60. The largest absolute Gasteiger partial charge is 0.311 e. The fourth-order valence-electron chi connectivity index (χ4n) is 6.49. The summed E-state index contributed by atoms with van der Waals surface area (Å²) >= 11 is 2.46. The van der Waals surface area contributed by atoms with E-state index in [9.17, 15) is 0 Å². The quantitative estimate of drug-likeness (QED) is 0.177. The zero-order valence-electron chi connectivity index (χ0n) is 17.8. The Morgan fingerprint density at radius 3 is 2.19 bits per heavy atom. The summed E-state index contributed by atoms with van der Waals surface area (Å²) in [6.07, 6.45) is 0. The van der Waals surface area contributed by atoms with Crippen molar-refractivity contribution in [2.75, 3.05) is 0 Å². The van der Waals surface area contributed by atoms with Gasteiger partial charge in [0.25, 0.3) is 0 Å². The number of para-hydroxylation sites is 1. The van der Waals surface area contributed by atoms with Crippen LogP contribution in [0.1, 0.15) is 25.1 Å². The van der Waals surface area contributed by atoms with Crippen LogP contribution in [-0.2, 0) is 5.41 Å². The van der Waals surface area contributed by atoms with Gasteiger partial charge in [0.05, 0.1) is 44.9 Å². The molecule has 3 heteroatoms. The number of halogens is 1. The van der Waals surface area contributed by atoms with Crippen molar-refractivity contribution >= 4 is 71.9 Å². The summed E-state index contributed by atoms with van der Waals surface area (Å²) in [7, 11) is 0. The van der Waals surface area contributed by atoms with Crippen LogP contribution in [0.2, 0.25) is 0 Å². The monoisotopic (exact) mass is 522 g/mol. The Hall–Kier alpha value is -3.05. The van der Waals surface area contributed by atoms with E-state index in [1.165, 1.54) is 71.4 Å². The summed E-state index contributed by atoms with van der Waals surface area (Å²) in [5.41, 5.74) is 10.8. The smallest absolute Gasteiger partial charge is 0.0646 e. The summed E-state index contributed by atoms with van der Waals surface area (Å²) in [6.45, 7) is 4.77. The number of rotatable bonds is 0. The highest BCUT2D eigenvalue weighted by Crippen LogP contribution is 2.54. The minimum atomic E-state index is -0.0765. The van der Waals surface area contributed by atoms with E-state index >= 15 is 0 Å². The zero-order valence-corrected chi connectivity index (χ0v) is 19.9. The third-order valence-corrected chi connectivity index (χ3v) is 8.76. The zero-order chi connectivity index (χ0) is 21.4. The topological polar surface area (TPSA) is 9.34 Å². The van der Waals surface area contributed by atoms with E-state index < -0.39 is 0 Å². The van der Waals surface area contributed by atoms with Gasteiger partial charge in [-0.2, -0.15) is 0 Å². The lowest BCUT2D eigenvalue weighted by atomic mass is 9.85. The first-order valence-corrected chi connectivity index (χ1v) is 12.1. The van der Waals surface area contributed by atoms with Crippen molar-refractivity contribution in [2.24, 2.45) is 0 Å². The molecule has 4 aromatic carbocycles. The van der Waals surface area contributed by atoms with Gasteiger partial charge in [0, 0.05) is 38.2 Å². The van der Waals surface area contributed by atoms with Crippen molar-refractivity contribution < 1.29 is 0 Å². The number of fused-ring (bicyclic) bond motifs is 7. The lowest BCUT2D eigenvalue weighted by Crippen LogP contribution is -2.17. The average molecular weight is 522 g/mol. The van der Waals surface area contributed by atoms with E-state index in [1.54, 1.807) is 0 Å². The van der Waals surface area contributed by atoms with E-state index in [-0.39, 0.29) is 5.41 Å². The van der Waals surface area contributed by atoms with Crippen molar-refractivity contribution in [3.05, 3.63) is 90.1 Å². The maximum atomic E-state index is 2.60. The summed E-state index contributed by atoms with van der Waals surface area (Å²) in [6, 6.07) is 29.4. The molecule has 0 saturated carbocycles. The van der Waals surface area contributed by atoms with Crippen molar-refractivity contribution in [1.82, 2.24) is 7.18 Å². The lowest BCUT2D eigenvalue weighted by Gasteiger charge is -2.22. The van der Waals surface area contributed by atoms with Gasteiger partial charge in [0.15, 0.2) is 0 Å². The molecule has 0 unspecified atom stereocenters. The molecule has 0 atom stereocenters. The molecular weight excluding hydrogens is 503 g/mol. The fourth-order valence-corrected chi connectivity index (χ4v) is 7.29. The molecule has 0 radical (unpaired) electrons. The van der Waals surface area contributed by atoms with Gasteiger partial charge in [-0.1, -0.05) is 74.5 Å². The van der Waals surface area contributed by atoms with Crippen LogP contribution in [0.4, 0.5) is 0 Å². The number of benzene rings is 4. The second kappa shape index (κ2) is 5.46. The predicted octanol–water partition coefficient (Wildman–Crippen LogP) is 8.30. The first-order valence-electron chi connectivity index (χ1n) is 11.1. The second-order valence-electron chi connectivity index (χ2n) is 9.58. The average Bonchev–Trinajstić information content (AvgIpc) is 3.36. The molecule has 2 nitrogen and oxygen atoms in total. The Balaban J connectivity index is 1.82. The molecule has 0 amide bonds. The van der Waals surface area contributed by atoms with Gasteiger partial charge in [-0.05, 0) is 34.7 Å². The Morgan fingerprint density at radius 2 is 1.31 bits per heavy atom. The van der Waals surface area contributed by atoms with Crippen LogP contribution in [0.15, 0.2) is 78.9 Å². The van der Waals surface area contributed by atoms with Crippen molar-refractivity contribution in [2.45, 2.75) is 19.3 Å². The Kier molecular flexibility index (Phi) is 2.99. The Labute approximate surface area is 198 Å². The molecule has 0 saturated heterocycles. The van der Waals surface area contributed by atoms with Crippen molar-refractivity contribution in [3.63, 3.8) is 0 Å². The molecule has 0 spiro atoms. The van der Waals surface area contributed by atoms with Gasteiger partial charge in [-0.15, -0.1) is 0 Å². The summed E-state index contributed by atoms with van der Waals surface area (Å²) in [5.74, 6) is 0. The third-order valence-electron chi connectivity index (χ3n) is 7.72. The molecule has 8 rings (SSSR count). The molecule has 0 fully saturated rings. The van der Waals surface area contributed by atoms with Gasteiger partial charge < -0.3 is 4.40 Å². The molecule has 32 heavy (non-hydrogen) atoms. The molecular formula is C29H19IN2. The van der Waals surface area contributed by atoms with Crippen LogP contribution in [-0.4, -0.2) is 7.18 Å². The number of aromatic nitrogens is 2. The lowest BCUT2D eigenvalue weighted by molar-refractivity contribution is 0.633. The maximum Gasteiger partial charge on any atom is 0.0646 e. The van der Waals surface area contributed by atoms with Crippen molar-refractivity contribution in [3.8, 4) is 11.1 Å². The predicted molar refractivity (Wildman–Crippen MR) is 144 cm³/mol. The van der Waals surface area contributed by atoms with E-state index in [0.717, 1.165) is 0 Å². The minimum absolute atomic E-state index is 0.0765. The highest BCUT2D eigenvalue weighted by Gasteiger charge is 2.40. The molecule has 152 valence electrons. The SMILES string of the molecule is CC1(C)c2ccccc2-c2c1n1c3cccc4c3c3c(cccc3n4I)c3cccc2c31.